The number of fused-ring (bicyclic) bond motifs is 1. The minimum Gasteiger partial charge on any atom is -0.390 e. The second kappa shape index (κ2) is 8.99. The number of aromatic nitrogens is 5. The van der Waals surface area contributed by atoms with Gasteiger partial charge in [-0.05, 0) is 37.0 Å². The Morgan fingerprint density at radius 2 is 2.00 bits per heavy atom. The topological polar surface area (TPSA) is 129 Å². The lowest BCUT2D eigenvalue weighted by atomic mass is 10.1. The minimum atomic E-state index is -1.22. The van der Waals surface area contributed by atoms with Gasteiger partial charge in [-0.3, -0.25) is 0 Å². The average molecular weight is 491 g/mol. The summed E-state index contributed by atoms with van der Waals surface area (Å²) < 4.78 is 1.51. The average Bonchev–Trinajstić information content (AvgIpc) is 3.36. The smallest absolute Gasteiger partial charge is 0.191 e. The molecule has 2 heterocycles. The van der Waals surface area contributed by atoms with E-state index in [0.29, 0.717) is 28.1 Å². The van der Waals surface area contributed by atoms with E-state index in [1.165, 1.54) is 10.2 Å². The van der Waals surface area contributed by atoms with Gasteiger partial charge in [-0.1, -0.05) is 47.6 Å². The molecule has 1 aromatic carbocycles. The van der Waals surface area contributed by atoms with Gasteiger partial charge in [-0.2, -0.15) is 0 Å². The van der Waals surface area contributed by atoms with Crippen LogP contribution in [0.2, 0.25) is 5.02 Å². The van der Waals surface area contributed by atoms with Crippen LogP contribution in [0.15, 0.2) is 23.4 Å². The molecule has 2 saturated carbocycles. The molecule has 0 amide bonds. The Labute approximate surface area is 200 Å². The van der Waals surface area contributed by atoms with Crippen LogP contribution in [0.5, 0.6) is 0 Å². The van der Waals surface area contributed by atoms with Gasteiger partial charge in [-0.25, -0.2) is 14.6 Å². The molecule has 4 N–H and O–H groups in total. The van der Waals surface area contributed by atoms with E-state index in [-0.39, 0.29) is 12.5 Å². The Kier molecular flexibility index (Phi) is 6.21. The van der Waals surface area contributed by atoms with Crippen molar-refractivity contribution in [3.8, 4) is 0 Å². The zero-order valence-electron chi connectivity index (χ0n) is 18.4. The lowest BCUT2D eigenvalue weighted by molar-refractivity contribution is -0.0253. The molecular weight excluding hydrogens is 464 g/mol. The van der Waals surface area contributed by atoms with E-state index in [9.17, 15) is 15.3 Å². The van der Waals surface area contributed by atoms with E-state index in [0.717, 1.165) is 29.2 Å². The van der Waals surface area contributed by atoms with E-state index >= 15 is 0 Å². The summed E-state index contributed by atoms with van der Waals surface area (Å²) >= 11 is 7.73. The monoisotopic (exact) mass is 490 g/mol. The summed E-state index contributed by atoms with van der Waals surface area (Å²) in [7, 11) is 0. The number of aliphatic hydroxyl groups is 3. The molecule has 0 spiro atoms. The maximum atomic E-state index is 10.4. The Balaban J connectivity index is 1.45. The maximum Gasteiger partial charge on any atom is 0.191 e. The summed E-state index contributed by atoms with van der Waals surface area (Å²) in [5, 5.41) is 43.8. The molecule has 0 bridgehead atoms. The second-order valence-electron chi connectivity index (χ2n) is 8.86. The van der Waals surface area contributed by atoms with Gasteiger partial charge in [0.15, 0.2) is 22.1 Å². The molecule has 5 rings (SSSR count). The second-order valence-corrected chi connectivity index (χ2v) is 10.3. The first-order chi connectivity index (χ1) is 15.9. The van der Waals surface area contributed by atoms with Crippen LogP contribution >= 0.6 is 23.4 Å². The number of hydrogen-bond acceptors (Lipinski definition) is 9. The van der Waals surface area contributed by atoms with Crippen molar-refractivity contribution in [1.29, 1.82) is 0 Å². The summed E-state index contributed by atoms with van der Waals surface area (Å²) in [6, 6.07) is 5.72. The Morgan fingerprint density at radius 1 is 1.18 bits per heavy atom. The normalized spacial score (nSPS) is 29.0. The molecular formula is C22H27ClN6O3S. The van der Waals surface area contributed by atoms with Gasteiger partial charge >= 0.3 is 0 Å². The summed E-state index contributed by atoms with van der Waals surface area (Å²) in [5.74, 6) is 1.83. The number of aliphatic hydroxyl groups excluding tert-OH is 3. The fourth-order valence-corrected chi connectivity index (χ4v) is 5.23. The standard InChI is InChI=1S/C22H27ClN6O3S/c1-3-6-33-22-25-20(24-14-8-12(14)11-4-5-13(23)10(2)7-11)17-21(26-22)29(28-27-17)15-9-16(30)19(32)18(15)31/h4-5,7,12,14-16,18-19,30-32H,3,6,8-9H2,1-2H3,(H,24,25,26). The molecule has 0 aliphatic heterocycles. The first-order valence-electron chi connectivity index (χ1n) is 11.2. The molecule has 2 fully saturated rings. The van der Waals surface area contributed by atoms with Crippen molar-refractivity contribution in [2.24, 2.45) is 0 Å². The molecule has 11 heteroatoms. The summed E-state index contributed by atoms with van der Waals surface area (Å²) in [6.45, 7) is 4.10. The van der Waals surface area contributed by atoms with Crippen LogP contribution < -0.4 is 5.32 Å². The van der Waals surface area contributed by atoms with Crippen LogP contribution in [-0.2, 0) is 0 Å². The summed E-state index contributed by atoms with van der Waals surface area (Å²) in [5.41, 5.74) is 3.29. The third-order valence-corrected chi connectivity index (χ3v) is 7.87. The van der Waals surface area contributed by atoms with Crippen molar-refractivity contribution in [3.63, 3.8) is 0 Å². The van der Waals surface area contributed by atoms with E-state index in [1.807, 2.05) is 13.0 Å². The highest BCUT2D eigenvalue weighted by atomic mass is 35.5. The van der Waals surface area contributed by atoms with Crippen LogP contribution in [-0.4, -0.2) is 70.4 Å². The van der Waals surface area contributed by atoms with Crippen LogP contribution in [0.3, 0.4) is 0 Å². The highest BCUT2D eigenvalue weighted by Gasteiger charge is 2.44. The van der Waals surface area contributed by atoms with Gasteiger partial charge in [0.2, 0.25) is 0 Å². The number of hydrogen-bond donors (Lipinski definition) is 4. The molecule has 2 aliphatic carbocycles. The third kappa shape index (κ3) is 4.30. The summed E-state index contributed by atoms with van der Waals surface area (Å²) in [4.78, 5) is 9.36. The molecule has 9 nitrogen and oxygen atoms in total. The lowest BCUT2D eigenvalue weighted by Gasteiger charge is -2.16. The number of rotatable bonds is 7. The predicted molar refractivity (Wildman–Crippen MR) is 127 cm³/mol. The Morgan fingerprint density at radius 3 is 2.70 bits per heavy atom. The maximum absolute atomic E-state index is 10.4. The van der Waals surface area contributed by atoms with Gasteiger partial charge in [0.25, 0.3) is 0 Å². The van der Waals surface area contributed by atoms with E-state index < -0.39 is 24.4 Å². The van der Waals surface area contributed by atoms with Gasteiger partial charge in [0.1, 0.15) is 12.2 Å². The molecule has 6 atom stereocenters. The SMILES string of the molecule is CCCSc1nc(NC2CC2c2ccc(Cl)c(C)c2)c2nnn(C3CC(O)C(O)C3O)c2n1. The van der Waals surface area contributed by atoms with Crippen molar-refractivity contribution in [2.45, 2.75) is 74.6 Å². The van der Waals surface area contributed by atoms with Crippen molar-refractivity contribution in [3.05, 3.63) is 34.3 Å². The zero-order chi connectivity index (χ0) is 23.3. The van der Waals surface area contributed by atoms with Crippen LogP contribution in [0.4, 0.5) is 5.82 Å². The van der Waals surface area contributed by atoms with Crippen molar-refractivity contribution in [1.82, 2.24) is 25.0 Å². The number of nitrogens with zero attached hydrogens (tertiary/aromatic N) is 5. The summed E-state index contributed by atoms with van der Waals surface area (Å²) in [6.07, 6.45) is -1.27. The van der Waals surface area contributed by atoms with E-state index in [1.54, 1.807) is 11.8 Å². The van der Waals surface area contributed by atoms with E-state index in [4.69, 9.17) is 16.6 Å². The quantitative estimate of drug-likeness (QED) is 0.291. The molecule has 176 valence electrons. The predicted octanol–water partition coefficient (Wildman–Crippen LogP) is 2.68. The van der Waals surface area contributed by atoms with E-state index in [2.05, 4.69) is 39.7 Å². The third-order valence-electron chi connectivity index (χ3n) is 6.40. The molecule has 3 aromatic rings. The van der Waals surface area contributed by atoms with Crippen molar-refractivity contribution < 1.29 is 15.3 Å². The lowest BCUT2D eigenvalue weighted by Crippen LogP contribution is -2.31. The van der Waals surface area contributed by atoms with Gasteiger partial charge in [-0.15, -0.1) is 5.10 Å². The minimum absolute atomic E-state index is 0.172. The van der Waals surface area contributed by atoms with Crippen LogP contribution in [0, 0.1) is 6.92 Å². The van der Waals surface area contributed by atoms with Gasteiger partial charge in [0, 0.05) is 29.2 Å². The molecule has 2 aliphatic rings. The van der Waals surface area contributed by atoms with Crippen molar-refractivity contribution >= 4 is 40.3 Å². The fourth-order valence-electron chi connectivity index (χ4n) is 4.42. The molecule has 0 saturated heterocycles. The number of thioether (sulfide) groups is 1. The highest BCUT2D eigenvalue weighted by molar-refractivity contribution is 7.99. The first kappa shape index (κ1) is 22.8. The molecule has 2 aromatic heterocycles. The Bertz CT molecular complexity index is 1180. The largest absolute Gasteiger partial charge is 0.390 e. The molecule has 0 radical (unpaired) electrons. The Hall–Kier alpha value is -1.98. The highest BCUT2D eigenvalue weighted by Crippen LogP contribution is 2.44. The number of nitrogens with one attached hydrogen (secondary N) is 1. The molecule has 6 unspecified atom stereocenters. The molecule has 33 heavy (non-hydrogen) atoms. The number of anilines is 1. The van der Waals surface area contributed by atoms with Gasteiger partial charge < -0.3 is 20.6 Å². The first-order valence-corrected chi connectivity index (χ1v) is 12.6. The zero-order valence-corrected chi connectivity index (χ0v) is 20.0. The van der Waals surface area contributed by atoms with Crippen molar-refractivity contribution in [2.75, 3.05) is 11.1 Å². The van der Waals surface area contributed by atoms with Crippen LogP contribution in [0.25, 0.3) is 11.2 Å². The number of halogens is 1. The number of benzene rings is 1. The van der Waals surface area contributed by atoms with Crippen LogP contribution in [0.1, 0.15) is 49.3 Å². The van der Waals surface area contributed by atoms with Gasteiger partial charge in [0.05, 0.1) is 12.1 Å². The fraction of sp³-hybridized carbons (Fsp3) is 0.545. The number of aryl methyl sites for hydroxylation is 1.